The number of benzene rings is 2. The summed E-state index contributed by atoms with van der Waals surface area (Å²) in [5.74, 6) is -1.28. The number of anilines is 1. The normalized spacial score (nSPS) is 15.4. The third-order valence-corrected chi connectivity index (χ3v) is 6.90. The smallest absolute Gasteiger partial charge is 0.407 e. The predicted octanol–water partition coefficient (Wildman–Crippen LogP) is 3.62. The summed E-state index contributed by atoms with van der Waals surface area (Å²) < 4.78 is 6.83. The molecular formula is C26H26N4O5. The zero-order valence-corrected chi connectivity index (χ0v) is 19.1. The van der Waals surface area contributed by atoms with Gasteiger partial charge < -0.3 is 20.5 Å². The van der Waals surface area contributed by atoms with Gasteiger partial charge in [0.05, 0.1) is 17.3 Å². The molecule has 3 aromatic rings. The summed E-state index contributed by atoms with van der Waals surface area (Å²) >= 11 is 0. The van der Waals surface area contributed by atoms with Crippen molar-refractivity contribution in [2.24, 2.45) is 5.41 Å². The van der Waals surface area contributed by atoms with Crippen LogP contribution < -0.4 is 10.6 Å². The van der Waals surface area contributed by atoms with Crippen molar-refractivity contribution in [1.29, 1.82) is 0 Å². The average Bonchev–Trinajstić information content (AvgIpc) is 3.38. The Balaban J connectivity index is 1.17. The van der Waals surface area contributed by atoms with Gasteiger partial charge in [0.25, 0.3) is 0 Å². The molecule has 5 rings (SSSR count). The molecule has 3 N–H and O–H groups in total. The summed E-state index contributed by atoms with van der Waals surface area (Å²) in [5, 5.41) is 18.4. The van der Waals surface area contributed by atoms with Gasteiger partial charge in [-0.3, -0.25) is 14.3 Å². The van der Waals surface area contributed by atoms with Crippen LogP contribution in [-0.4, -0.2) is 46.0 Å². The number of alkyl carbamates (subject to hydrolysis) is 1. The second-order valence-electron chi connectivity index (χ2n) is 9.09. The quantitative estimate of drug-likeness (QED) is 0.458. The van der Waals surface area contributed by atoms with Crippen molar-refractivity contribution in [3.05, 3.63) is 72.1 Å². The Morgan fingerprint density at radius 3 is 2.31 bits per heavy atom. The van der Waals surface area contributed by atoms with E-state index in [1.54, 1.807) is 0 Å². The molecule has 1 saturated carbocycles. The molecule has 0 aliphatic heterocycles. The summed E-state index contributed by atoms with van der Waals surface area (Å²) in [6.07, 6.45) is 4.50. The fourth-order valence-electron chi connectivity index (χ4n) is 4.90. The number of fused-ring (bicyclic) bond motifs is 3. The Morgan fingerprint density at radius 2 is 1.71 bits per heavy atom. The molecule has 9 nitrogen and oxygen atoms in total. The van der Waals surface area contributed by atoms with Crippen LogP contribution in [0.25, 0.3) is 11.1 Å². The van der Waals surface area contributed by atoms with E-state index >= 15 is 0 Å². The van der Waals surface area contributed by atoms with Crippen LogP contribution in [0.4, 0.5) is 10.5 Å². The number of nitrogens with zero attached hydrogens (tertiary/aromatic N) is 2. The number of carboxylic acids is 1. The molecule has 9 heteroatoms. The number of hydrogen-bond donors (Lipinski definition) is 3. The average molecular weight is 475 g/mol. The molecule has 0 spiro atoms. The number of aromatic nitrogens is 2. The van der Waals surface area contributed by atoms with Crippen molar-refractivity contribution >= 4 is 23.7 Å². The number of ether oxygens (including phenoxy) is 1. The van der Waals surface area contributed by atoms with Crippen molar-refractivity contribution in [1.82, 2.24) is 15.1 Å². The Bertz CT molecular complexity index is 1230. The number of rotatable bonds is 8. The highest BCUT2D eigenvalue weighted by Crippen LogP contribution is 2.44. The first-order valence-electron chi connectivity index (χ1n) is 11.6. The topological polar surface area (TPSA) is 123 Å². The number of amides is 2. The van der Waals surface area contributed by atoms with Gasteiger partial charge in [-0.25, -0.2) is 4.79 Å². The van der Waals surface area contributed by atoms with E-state index in [0.29, 0.717) is 18.5 Å². The molecule has 1 aromatic heterocycles. The molecule has 0 unspecified atom stereocenters. The van der Waals surface area contributed by atoms with Crippen LogP contribution in [0.3, 0.4) is 0 Å². The molecule has 2 amide bonds. The first kappa shape index (κ1) is 22.6. The Labute approximate surface area is 202 Å². The van der Waals surface area contributed by atoms with E-state index < -0.39 is 17.5 Å². The highest BCUT2D eigenvalue weighted by atomic mass is 16.5. The summed E-state index contributed by atoms with van der Waals surface area (Å²) in [6.45, 7) is 0.0882. The number of aliphatic carboxylic acids is 1. The molecular weight excluding hydrogens is 448 g/mol. The Hall–Kier alpha value is -4.14. The lowest BCUT2D eigenvalue weighted by Gasteiger charge is -2.39. The first-order valence-corrected chi connectivity index (χ1v) is 11.6. The van der Waals surface area contributed by atoms with E-state index in [9.17, 15) is 14.4 Å². The zero-order valence-electron chi connectivity index (χ0n) is 19.1. The minimum absolute atomic E-state index is 0.0311. The first-order chi connectivity index (χ1) is 16.9. The van der Waals surface area contributed by atoms with E-state index in [1.165, 1.54) is 17.1 Å². The van der Waals surface area contributed by atoms with Crippen molar-refractivity contribution in [3.8, 4) is 11.1 Å². The summed E-state index contributed by atoms with van der Waals surface area (Å²) in [6, 6.07) is 16.3. The monoisotopic (exact) mass is 474 g/mol. The number of carbonyl (C=O) groups is 3. The van der Waals surface area contributed by atoms with Crippen LogP contribution in [0.5, 0.6) is 0 Å². The zero-order chi connectivity index (χ0) is 24.4. The van der Waals surface area contributed by atoms with Gasteiger partial charge in [0, 0.05) is 18.7 Å². The second kappa shape index (κ2) is 9.25. The number of carboxylic acid groups (broad SMARTS) is 1. The van der Waals surface area contributed by atoms with E-state index in [-0.39, 0.29) is 31.5 Å². The second-order valence-corrected chi connectivity index (χ2v) is 9.09. The molecule has 0 saturated heterocycles. The minimum Gasteiger partial charge on any atom is -0.480 e. The van der Waals surface area contributed by atoms with Gasteiger partial charge in [-0.15, -0.1) is 0 Å². The largest absolute Gasteiger partial charge is 0.480 e. The molecule has 0 radical (unpaired) electrons. The van der Waals surface area contributed by atoms with Crippen molar-refractivity contribution in [2.75, 3.05) is 18.5 Å². The van der Waals surface area contributed by atoms with Gasteiger partial charge >= 0.3 is 12.1 Å². The third kappa shape index (κ3) is 4.49. The number of nitrogens with one attached hydrogen (secondary N) is 2. The summed E-state index contributed by atoms with van der Waals surface area (Å²) in [5.41, 5.74) is 4.30. The summed E-state index contributed by atoms with van der Waals surface area (Å²) in [4.78, 5) is 36.3. The van der Waals surface area contributed by atoms with E-state index in [1.807, 2.05) is 24.3 Å². The fourth-order valence-corrected chi connectivity index (χ4v) is 4.90. The van der Waals surface area contributed by atoms with Crippen molar-refractivity contribution in [2.45, 2.75) is 31.7 Å². The molecule has 35 heavy (non-hydrogen) atoms. The molecule has 2 aromatic carbocycles. The lowest BCUT2D eigenvalue weighted by molar-refractivity contribution is -0.137. The van der Waals surface area contributed by atoms with Crippen LogP contribution in [0.2, 0.25) is 0 Å². The van der Waals surface area contributed by atoms with Gasteiger partial charge in [0.2, 0.25) is 5.91 Å². The molecule has 2 aliphatic carbocycles. The van der Waals surface area contributed by atoms with E-state index in [4.69, 9.17) is 9.84 Å². The number of carbonyl (C=O) groups excluding carboxylic acids is 2. The maximum Gasteiger partial charge on any atom is 0.407 e. The van der Waals surface area contributed by atoms with E-state index in [2.05, 4.69) is 40.0 Å². The van der Waals surface area contributed by atoms with Crippen molar-refractivity contribution < 1.29 is 24.2 Å². The lowest BCUT2D eigenvalue weighted by Crippen LogP contribution is -2.50. The molecule has 0 atom stereocenters. The summed E-state index contributed by atoms with van der Waals surface area (Å²) in [7, 11) is 0. The van der Waals surface area contributed by atoms with Gasteiger partial charge in [0.1, 0.15) is 13.2 Å². The molecule has 0 bridgehead atoms. The van der Waals surface area contributed by atoms with Crippen LogP contribution in [0.1, 0.15) is 36.3 Å². The highest BCUT2D eigenvalue weighted by molar-refractivity contribution is 5.96. The Morgan fingerprint density at radius 1 is 1.06 bits per heavy atom. The van der Waals surface area contributed by atoms with Crippen molar-refractivity contribution in [3.63, 3.8) is 0 Å². The maximum atomic E-state index is 12.9. The van der Waals surface area contributed by atoms with Crippen LogP contribution in [0.15, 0.2) is 60.9 Å². The molecule has 2 aliphatic rings. The maximum absolute atomic E-state index is 12.9. The fraction of sp³-hybridized carbons (Fsp3) is 0.308. The molecule has 180 valence electrons. The number of hydrogen-bond acceptors (Lipinski definition) is 5. The van der Waals surface area contributed by atoms with Gasteiger partial charge in [-0.05, 0) is 35.1 Å². The molecule has 1 heterocycles. The lowest BCUT2D eigenvalue weighted by atomic mass is 9.68. The van der Waals surface area contributed by atoms with E-state index in [0.717, 1.165) is 28.7 Å². The molecule has 1 fully saturated rings. The van der Waals surface area contributed by atoms with Crippen LogP contribution in [0, 0.1) is 5.41 Å². The van der Waals surface area contributed by atoms with Crippen LogP contribution >= 0.6 is 0 Å². The van der Waals surface area contributed by atoms with Gasteiger partial charge in [-0.2, -0.15) is 5.10 Å². The Kier molecular flexibility index (Phi) is 5.98. The van der Waals surface area contributed by atoms with Gasteiger partial charge in [-0.1, -0.05) is 55.0 Å². The SMILES string of the molecule is O=C(O)Cn1cc(NC(=O)C2(CNC(=O)OCC3c4ccccc4-c4ccccc43)CCC2)cn1. The minimum atomic E-state index is -1.02. The van der Waals surface area contributed by atoms with Crippen LogP contribution in [-0.2, 0) is 20.9 Å². The van der Waals surface area contributed by atoms with Gasteiger partial charge in [0.15, 0.2) is 0 Å². The third-order valence-electron chi connectivity index (χ3n) is 6.90. The predicted molar refractivity (Wildman–Crippen MR) is 128 cm³/mol. The standard InChI is InChI=1S/C26H26N4O5/c31-23(32)14-30-13-17(12-28-30)29-24(33)26(10-5-11-26)16-27-25(34)35-15-22-20-8-3-1-6-18(20)19-7-2-4-9-21(19)22/h1-4,6-9,12-13,22H,5,10-11,14-16H2,(H,27,34)(H,29,33)(H,31,32). The highest BCUT2D eigenvalue weighted by Gasteiger charge is 2.44.